The van der Waals surface area contributed by atoms with E-state index >= 15 is 0 Å². The highest BCUT2D eigenvalue weighted by atomic mass is 19.1. The van der Waals surface area contributed by atoms with Crippen molar-refractivity contribution >= 4 is 11.7 Å². The summed E-state index contributed by atoms with van der Waals surface area (Å²) in [5.41, 5.74) is 0.0761. The van der Waals surface area contributed by atoms with E-state index in [1.807, 2.05) is 6.92 Å². The minimum Gasteiger partial charge on any atom is -0.478 e. The molecule has 1 unspecified atom stereocenters. The molecule has 0 radical (unpaired) electrons. The summed E-state index contributed by atoms with van der Waals surface area (Å²) in [6.45, 7) is 3.12. The van der Waals surface area contributed by atoms with Crippen LogP contribution in [0.25, 0.3) is 0 Å². The minimum absolute atomic E-state index is 0.0573. The summed E-state index contributed by atoms with van der Waals surface area (Å²) in [5, 5.41) is 12.1. The standard InChI is InChI=1S/C12H14FNO3/c1-12(4-5-17-7-12)14-10-3-2-8(13)6-9(10)11(15)16/h2-3,6,14H,4-5,7H2,1H3,(H,15,16). The van der Waals surface area contributed by atoms with Crippen molar-refractivity contribution in [3.63, 3.8) is 0 Å². The summed E-state index contributed by atoms with van der Waals surface area (Å²) in [6, 6.07) is 3.71. The molecule has 5 heteroatoms. The number of carboxylic acids is 1. The van der Waals surface area contributed by atoms with Gasteiger partial charge in [0.25, 0.3) is 0 Å². The van der Waals surface area contributed by atoms with Gasteiger partial charge in [-0.05, 0) is 31.5 Å². The number of anilines is 1. The topological polar surface area (TPSA) is 58.6 Å². The van der Waals surface area contributed by atoms with E-state index in [1.54, 1.807) is 0 Å². The Morgan fingerprint density at radius 3 is 2.94 bits per heavy atom. The Hall–Kier alpha value is -1.62. The number of ether oxygens (including phenoxy) is 1. The van der Waals surface area contributed by atoms with Crippen LogP contribution in [0, 0.1) is 5.82 Å². The lowest BCUT2D eigenvalue weighted by atomic mass is 10.0. The Labute approximate surface area is 98.4 Å². The van der Waals surface area contributed by atoms with E-state index in [0.29, 0.717) is 18.9 Å². The Morgan fingerprint density at radius 1 is 1.59 bits per heavy atom. The molecule has 1 atom stereocenters. The van der Waals surface area contributed by atoms with E-state index in [-0.39, 0.29) is 11.1 Å². The molecule has 1 aromatic rings. The molecule has 2 N–H and O–H groups in total. The smallest absolute Gasteiger partial charge is 0.337 e. The van der Waals surface area contributed by atoms with E-state index in [2.05, 4.69) is 5.32 Å². The van der Waals surface area contributed by atoms with Crippen molar-refractivity contribution in [2.24, 2.45) is 0 Å². The molecule has 2 rings (SSSR count). The van der Waals surface area contributed by atoms with E-state index in [9.17, 15) is 9.18 Å². The summed E-state index contributed by atoms with van der Waals surface area (Å²) >= 11 is 0. The van der Waals surface area contributed by atoms with Crippen LogP contribution in [0.5, 0.6) is 0 Å². The number of carbonyl (C=O) groups is 1. The molecule has 4 nitrogen and oxygen atoms in total. The second kappa shape index (κ2) is 4.33. The Kier molecular flexibility index (Phi) is 3.02. The first-order valence-electron chi connectivity index (χ1n) is 5.39. The van der Waals surface area contributed by atoms with Gasteiger partial charge in [0.05, 0.1) is 17.7 Å². The van der Waals surface area contributed by atoms with E-state index in [1.165, 1.54) is 12.1 Å². The maximum Gasteiger partial charge on any atom is 0.337 e. The number of aromatic carboxylic acids is 1. The summed E-state index contributed by atoms with van der Waals surface area (Å²) < 4.78 is 18.3. The Morgan fingerprint density at radius 2 is 2.35 bits per heavy atom. The molecule has 0 aliphatic carbocycles. The van der Waals surface area contributed by atoms with Crippen LogP contribution in [0.1, 0.15) is 23.7 Å². The highest BCUT2D eigenvalue weighted by Crippen LogP contribution is 2.26. The molecule has 0 aromatic heterocycles. The first-order valence-corrected chi connectivity index (χ1v) is 5.39. The molecule has 17 heavy (non-hydrogen) atoms. The van der Waals surface area contributed by atoms with Gasteiger partial charge in [-0.3, -0.25) is 0 Å². The lowest BCUT2D eigenvalue weighted by Crippen LogP contribution is -2.35. The predicted octanol–water partition coefficient (Wildman–Crippen LogP) is 2.11. The zero-order valence-corrected chi connectivity index (χ0v) is 9.50. The summed E-state index contributed by atoms with van der Waals surface area (Å²) in [7, 11) is 0. The van der Waals surface area contributed by atoms with Crippen molar-refractivity contribution in [1.29, 1.82) is 0 Å². The van der Waals surface area contributed by atoms with E-state index in [4.69, 9.17) is 9.84 Å². The van der Waals surface area contributed by atoms with Crippen LogP contribution in [0.4, 0.5) is 10.1 Å². The van der Waals surface area contributed by atoms with Crippen molar-refractivity contribution in [2.45, 2.75) is 18.9 Å². The summed E-state index contributed by atoms with van der Waals surface area (Å²) in [4.78, 5) is 11.0. The number of benzene rings is 1. The van der Waals surface area contributed by atoms with Crippen LogP contribution >= 0.6 is 0 Å². The average molecular weight is 239 g/mol. The quantitative estimate of drug-likeness (QED) is 0.848. The van der Waals surface area contributed by atoms with Crippen molar-refractivity contribution < 1.29 is 19.0 Å². The molecule has 0 spiro atoms. The fourth-order valence-electron chi connectivity index (χ4n) is 1.89. The van der Waals surface area contributed by atoms with Crippen LogP contribution < -0.4 is 5.32 Å². The van der Waals surface area contributed by atoms with E-state index in [0.717, 1.165) is 12.5 Å². The SMILES string of the molecule is CC1(Nc2ccc(F)cc2C(=O)O)CCOC1. The lowest BCUT2D eigenvalue weighted by Gasteiger charge is -2.25. The number of rotatable bonds is 3. The molecule has 1 saturated heterocycles. The number of carboxylic acid groups (broad SMARTS) is 1. The monoisotopic (exact) mass is 239 g/mol. The molecule has 0 saturated carbocycles. The van der Waals surface area contributed by atoms with Crippen LogP contribution in [-0.4, -0.2) is 29.8 Å². The Balaban J connectivity index is 2.28. The third kappa shape index (κ3) is 2.55. The van der Waals surface area contributed by atoms with Crippen LogP contribution in [0.3, 0.4) is 0 Å². The maximum absolute atomic E-state index is 13.0. The second-order valence-electron chi connectivity index (χ2n) is 4.48. The zero-order valence-electron chi connectivity index (χ0n) is 9.50. The maximum atomic E-state index is 13.0. The van der Waals surface area contributed by atoms with E-state index < -0.39 is 11.8 Å². The first-order chi connectivity index (χ1) is 8.00. The van der Waals surface area contributed by atoms with Gasteiger partial charge in [0.1, 0.15) is 5.82 Å². The highest BCUT2D eigenvalue weighted by molar-refractivity contribution is 5.94. The van der Waals surface area contributed by atoms with Gasteiger partial charge in [0, 0.05) is 12.3 Å². The summed E-state index contributed by atoms with van der Waals surface area (Å²) in [5.74, 6) is -1.70. The van der Waals surface area contributed by atoms with Crippen molar-refractivity contribution in [1.82, 2.24) is 0 Å². The third-order valence-electron chi connectivity index (χ3n) is 2.87. The van der Waals surface area contributed by atoms with Gasteiger partial charge in [0.2, 0.25) is 0 Å². The van der Waals surface area contributed by atoms with Gasteiger partial charge in [-0.25, -0.2) is 9.18 Å². The summed E-state index contributed by atoms with van der Waals surface area (Å²) in [6.07, 6.45) is 0.795. The van der Waals surface area contributed by atoms with Crippen molar-refractivity contribution in [2.75, 3.05) is 18.5 Å². The molecule has 0 amide bonds. The lowest BCUT2D eigenvalue weighted by molar-refractivity contribution is 0.0697. The second-order valence-corrected chi connectivity index (χ2v) is 4.48. The third-order valence-corrected chi connectivity index (χ3v) is 2.87. The zero-order chi connectivity index (χ0) is 12.5. The van der Waals surface area contributed by atoms with Gasteiger partial charge in [-0.15, -0.1) is 0 Å². The van der Waals surface area contributed by atoms with Gasteiger partial charge in [0.15, 0.2) is 0 Å². The molecular weight excluding hydrogens is 225 g/mol. The molecule has 0 bridgehead atoms. The van der Waals surface area contributed by atoms with Crippen molar-refractivity contribution in [3.05, 3.63) is 29.6 Å². The van der Waals surface area contributed by atoms with Crippen LogP contribution in [0.15, 0.2) is 18.2 Å². The molecule has 92 valence electrons. The van der Waals surface area contributed by atoms with Gasteiger partial charge in [-0.1, -0.05) is 0 Å². The van der Waals surface area contributed by atoms with Crippen LogP contribution in [0.2, 0.25) is 0 Å². The molecule has 1 aromatic carbocycles. The number of halogens is 1. The first kappa shape index (κ1) is 11.9. The number of nitrogens with one attached hydrogen (secondary N) is 1. The molecule has 1 fully saturated rings. The number of hydrogen-bond acceptors (Lipinski definition) is 3. The Bertz CT molecular complexity index is 441. The minimum atomic E-state index is -1.14. The largest absolute Gasteiger partial charge is 0.478 e. The molecule has 1 heterocycles. The van der Waals surface area contributed by atoms with Gasteiger partial charge >= 0.3 is 5.97 Å². The molecule has 1 aliphatic rings. The average Bonchev–Trinajstić information content (AvgIpc) is 2.67. The van der Waals surface area contributed by atoms with Crippen molar-refractivity contribution in [3.8, 4) is 0 Å². The van der Waals surface area contributed by atoms with Gasteiger partial charge in [-0.2, -0.15) is 0 Å². The normalized spacial score (nSPS) is 23.6. The fourth-order valence-corrected chi connectivity index (χ4v) is 1.89. The molecular formula is C12H14FNO3. The molecule has 1 aliphatic heterocycles. The highest BCUT2D eigenvalue weighted by Gasteiger charge is 2.30. The van der Waals surface area contributed by atoms with Crippen LogP contribution in [-0.2, 0) is 4.74 Å². The predicted molar refractivity (Wildman–Crippen MR) is 60.8 cm³/mol. The van der Waals surface area contributed by atoms with Gasteiger partial charge < -0.3 is 15.2 Å². The fraction of sp³-hybridized carbons (Fsp3) is 0.417. The number of hydrogen-bond donors (Lipinski definition) is 2.